The summed E-state index contributed by atoms with van der Waals surface area (Å²) in [7, 11) is 1.52. The topological polar surface area (TPSA) is 90.1 Å². The van der Waals surface area contributed by atoms with E-state index < -0.39 is 0 Å². The molecule has 1 aromatic heterocycles. The average Bonchev–Trinajstić information content (AvgIpc) is 2.93. The van der Waals surface area contributed by atoms with Crippen molar-refractivity contribution >= 4 is 46.4 Å². The van der Waals surface area contributed by atoms with Gasteiger partial charge in [0.15, 0.2) is 5.01 Å². The lowest BCUT2D eigenvalue weighted by atomic mass is 10.2. The first kappa shape index (κ1) is 18.8. The van der Waals surface area contributed by atoms with Gasteiger partial charge < -0.3 is 15.8 Å². The van der Waals surface area contributed by atoms with Gasteiger partial charge in [0.1, 0.15) is 0 Å². The Kier molecular flexibility index (Phi) is 7.70. The van der Waals surface area contributed by atoms with Gasteiger partial charge in [0.05, 0.1) is 17.5 Å². The molecule has 22 heavy (non-hydrogen) atoms. The number of benzene rings is 1. The number of carbonyl (C=O) groups excluding carboxylic acids is 1. The lowest BCUT2D eigenvalue weighted by molar-refractivity contribution is -0.118. The fourth-order valence-electron chi connectivity index (χ4n) is 1.66. The molecule has 0 aliphatic heterocycles. The van der Waals surface area contributed by atoms with Gasteiger partial charge in [0, 0.05) is 19.2 Å². The zero-order valence-corrected chi connectivity index (χ0v) is 14.2. The molecule has 0 radical (unpaired) electrons. The van der Waals surface area contributed by atoms with Gasteiger partial charge in [-0.3, -0.25) is 4.79 Å². The van der Waals surface area contributed by atoms with E-state index in [4.69, 9.17) is 22.1 Å². The number of hydrogen-bond donors (Lipinski definition) is 2. The van der Waals surface area contributed by atoms with Crippen LogP contribution >= 0.6 is 35.3 Å². The van der Waals surface area contributed by atoms with Crippen LogP contribution in [0.4, 0.5) is 5.13 Å². The molecule has 0 spiro atoms. The zero-order chi connectivity index (χ0) is 15.2. The predicted molar refractivity (Wildman–Crippen MR) is 90.7 cm³/mol. The molecule has 0 aliphatic rings. The maximum absolute atomic E-state index is 11.8. The highest BCUT2D eigenvalue weighted by Crippen LogP contribution is 2.31. The Bertz CT molecular complexity index is 620. The SMILES string of the molecule is COC(CN)CC(=O)Nc1nnc(-c2ccccc2Cl)s1.Cl. The summed E-state index contributed by atoms with van der Waals surface area (Å²) in [5.41, 5.74) is 6.26. The minimum atomic E-state index is -0.305. The molecule has 0 bridgehead atoms. The van der Waals surface area contributed by atoms with Gasteiger partial charge in [0.25, 0.3) is 0 Å². The Labute approximate surface area is 143 Å². The summed E-state index contributed by atoms with van der Waals surface area (Å²) in [5, 5.41) is 12.3. The molecule has 0 fully saturated rings. The van der Waals surface area contributed by atoms with E-state index >= 15 is 0 Å². The quantitative estimate of drug-likeness (QED) is 0.823. The third-order valence-electron chi connectivity index (χ3n) is 2.78. The molecular weight excluding hydrogens is 347 g/mol. The van der Waals surface area contributed by atoms with Crippen molar-refractivity contribution in [2.75, 3.05) is 19.0 Å². The monoisotopic (exact) mass is 362 g/mol. The molecule has 120 valence electrons. The number of nitrogens with zero attached hydrogens (tertiary/aromatic N) is 2. The Hall–Kier alpha value is -1.25. The Balaban J connectivity index is 0.00000242. The number of halogens is 2. The van der Waals surface area contributed by atoms with E-state index in [0.717, 1.165) is 5.56 Å². The van der Waals surface area contributed by atoms with Crippen molar-refractivity contribution in [1.82, 2.24) is 10.2 Å². The molecule has 0 saturated carbocycles. The number of hydrogen-bond acceptors (Lipinski definition) is 6. The maximum Gasteiger partial charge on any atom is 0.228 e. The van der Waals surface area contributed by atoms with Crippen LogP contribution in [-0.2, 0) is 9.53 Å². The molecule has 1 heterocycles. The normalized spacial score (nSPS) is 11.6. The smallest absolute Gasteiger partial charge is 0.228 e. The van der Waals surface area contributed by atoms with Gasteiger partial charge in [-0.15, -0.1) is 22.6 Å². The molecule has 1 atom stereocenters. The Morgan fingerprint density at radius 1 is 1.45 bits per heavy atom. The van der Waals surface area contributed by atoms with Crippen LogP contribution in [0, 0.1) is 0 Å². The van der Waals surface area contributed by atoms with Crippen molar-refractivity contribution in [2.24, 2.45) is 5.73 Å². The minimum absolute atomic E-state index is 0. The summed E-state index contributed by atoms with van der Waals surface area (Å²) in [5.74, 6) is -0.214. The number of aromatic nitrogens is 2. The van der Waals surface area contributed by atoms with Crippen LogP contribution < -0.4 is 11.1 Å². The van der Waals surface area contributed by atoms with Gasteiger partial charge >= 0.3 is 0 Å². The summed E-state index contributed by atoms with van der Waals surface area (Å²) in [6.45, 7) is 0.283. The summed E-state index contributed by atoms with van der Waals surface area (Å²) in [6, 6.07) is 7.34. The lowest BCUT2D eigenvalue weighted by Crippen LogP contribution is -2.28. The Morgan fingerprint density at radius 3 is 2.82 bits per heavy atom. The molecular formula is C13H16Cl2N4O2S. The number of carbonyl (C=O) groups is 1. The summed E-state index contributed by atoms with van der Waals surface area (Å²) < 4.78 is 5.06. The standard InChI is InChI=1S/C13H15ClN4O2S.ClH/c1-20-8(7-15)6-11(19)16-13-18-17-12(21-13)9-4-2-3-5-10(9)14;/h2-5,8H,6-7,15H2,1H3,(H,16,18,19);1H. The largest absolute Gasteiger partial charge is 0.380 e. The maximum atomic E-state index is 11.8. The van der Waals surface area contributed by atoms with Crippen LogP contribution in [0.5, 0.6) is 0 Å². The van der Waals surface area contributed by atoms with Gasteiger partial charge in [-0.25, -0.2) is 0 Å². The predicted octanol–water partition coefficient (Wildman–Crippen LogP) is 2.58. The van der Waals surface area contributed by atoms with Crippen LogP contribution in [0.25, 0.3) is 10.6 Å². The van der Waals surface area contributed by atoms with Crippen LogP contribution in [-0.4, -0.2) is 35.9 Å². The fraction of sp³-hybridized carbons (Fsp3) is 0.308. The number of amides is 1. The molecule has 1 unspecified atom stereocenters. The third-order valence-corrected chi connectivity index (χ3v) is 3.99. The molecule has 3 N–H and O–H groups in total. The highest BCUT2D eigenvalue weighted by atomic mass is 35.5. The van der Waals surface area contributed by atoms with Gasteiger partial charge in [-0.05, 0) is 6.07 Å². The van der Waals surface area contributed by atoms with Crippen LogP contribution in [0.1, 0.15) is 6.42 Å². The molecule has 1 aromatic carbocycles. The van der Waals surface area contributed by atoms with Crippen LogP contribution in [0.15, 0.2) is 24.3 Å². The van der Waals surface area contributed by atoms with Crippen molar-refractivity contribution in [3.05, 3.63) is 29.3 Å². The number of ether oxygens (including phenoxy) is 1. The van der Waals surface area contributed by atoms with E-state index in [1.807, 2.05) is 18.2 Å². The van der Waals surface area contributed by atoms with E-state index in [9.17, 15) is 4.79 Å². The number of rotatable bonds is 6. The van der Waals surface area contributed by atoms with Crippen LogP contribution in [0.2, 0.25) is 5.02 Å². The van der Waals surface area contributed by atoms with Crippen LogP contribution in [0.3, 0.4) is 0 Å². The second kappa shape index (κ2) is 9.02. The second-order valence-electron chi connectivity index (χ2n) is 4.24. The first-order chi connectivity index (χ1) is 10.1. The molecule has 6 nitrogen and oxygen atoms in total. The summed E-state index contributed by atoms with van der Waals surface area (Å²) in [6.07, 6.45) is -0.130. The Morgan fingerprint density at radius 2 is 2.18 bits per heavy atom. The van der Waals surface area contributed by atoms with Crippen molar-refractivity contribution in [3.63, 3.8) is 0 Å². The molecule has 2 aromatic rings. The molecule has 9 heteroatoms. The highest BCUT2D eigenvalue weighted by Gasteiger charge is 2.15. The van der Waals surface area contributed by atoms with Gasteiger partial charge in [-0.2, -0.15) is 0 Å². The van der Waals surface area contributed by atoms with Crippen molar-refractivity contribution in [1.29, 1.82) is 0 Å². The second-order valence-corrected chi connectivity index (χ2v) is 5.62. The number of nitrogens with one attached hydrogen (secondary N) is 1. The van der Waals surface area contributed by atoms with E-state index in [1.165, 1.54) is 18.4 Å². The minimum Gasteiger partial charge on any atom is -0.380 e. The molecule has 2 rings (SSSR count). The van der Waals surface area contributed by atoms with E-state index in [2.05, 4.69) is 15.5 Å². The van der Waals surface area contributed by atoms with E-state index in [1.54, 1.807) is 6.07 Å². The average molecular weight is 363 g/mol. The van der Waals surface area contributed by atoms with Crippen molar-refractivity contribution in [2.45, 2.75) is 12.5 Å². The molecule has 1 amide bonds. The van der Waals surface area contributed by atoms with E-state index in [-0.39, 0.29) is 37.4 Å². The lowest BCUT2D eigenvalue weighted by Gasteiger charge is -2.11. The van der Waals surface area contributed by atoms with Gasteiger partial charge in [0.2, 0.25) is 11.0 Å². The van der Waals surface area contributed by atoms with E-state index in [0.29, 0.717) is 15.2 Å². The summed E-state index contributed by atoms with van der Waals surface area (Å²) in [4.78, 5) is 11.8. The van der Waals surface area contributed by atoms with Crippen molar-refractivity contribution in [3.8, 4) is 10.6 Å². The first-order valence-electron chi connectivity index (χ1n) is 6.25. The van der Waals surface area contributed by atoms with Crippen molar-refractivity contribution < 1.29 is 9.53 Å². The van der Waals surface area contributed by atoms with Gasteiger partial charge in [-0.1, -0.05) is 41.1 Å². The fourth-order valence-corrected chi connectivity index (χ4v) is 2.74. The first-order valence-corrected chi connectivity index (χ1v) is 7.44. The molecule has 0 aliphatic carbocycles. The number of anilines is 1. The number of nitrogens with two attached hydrogens (primary N) is 1. The third kappa shape index (κ3) is 4.89. The number of methoxy groups -OCH3 is 1. The highest BCUT2D eigenvalue weighted by molar-refractivity contribution is 7.18. The summed E-state index contributed by atoms with van der Waals surface area (Å²) >= 11 is 7.36. The zero-order valence-electron chi connectivity index (χ0n) is 11.8. The molecule has 0 saturated heterocycles.